The number of pyridine rings is 1. The fourth-order valence-electron chi connectivity index (χ4n) is 1.10. The molecule has 1 heterocycles. The lowest BCUT2D eigenvalue weighted by atomic mass is 10.3. The molecule has 0 aromatic carbocycles. The number of nitrogens with one attached hydrogen (secondary N) is 2. The number of hydrogen-bond acceptors (Lipinski definition) is 3. The summed E-state index contributed by atoms with van der Waals surface area (Å²) in [7, 11) is 0. The summed E-state index contributed by atoms with van der Waals surface area (Å²) in [4.78, 5) is 3.92. The van der Waals surface area contributed by atoms with Gasteiger partial charge in [0.15, 0.2) is 0 Å². The first-order valence-corrected chi connectivity index (χ1v) is 5.06. The quantitative estimate of drug-likeness (QED) is 0.763. The van der Waals surface area contributed by atoms with Gasteiger partial charge in [-0.05, 0) is 19.1 Å². The predicted octanol–water partition coefficient (Wildman–Crippen LogP) is 2.83. The Morgan fingerprint density at radius 1 is 1.24 bits per heavy atom. The van der Waals surface area contributed by atoms with Crippen LogP contribution in [-0.4, -0.2) is 30.4 Å². The van der Waals surface area contributed by atoms with Gasteiger partial charge in [0.2, 0.25) is 0 Å². The van der Waals surface area contributed by atoms with Crippen molar-refractivity contribution in [3.63, 3.8) is 0 Å². The monoisotopic (exact) mass is 251 g/mol. The Bertz CT molecular complexity index is 357. The summed E-state index contributed by atoms with van der Waals surface area (Å²) in [5.74, 6) is -3.43. The fourth-order valence-corrected chi connectivity index (χ4v) is 1.10. The molecule has 0 atom stereocenters. The molecule has 0 bridgehead atoms. The molecule has 0 saturated carbocycles. The van der Waals surface area contributed by atoms with Crippen molar-refractivity contribution >= 4 is 11.6 Å². The third kappa shape index (κ3) is 4.08. The predicted molar refractivity (Wildman–Crippen MR) is 57.8 cm³/mol. The smallest absolute Gasteiger partial charge is 0.324 e. The maximum atomic E-state index is 12.6. The molecule has 96 valence electrons. The number of hydrogen-bond donors (Lipinski definition) is 2. The van der Waals surface area contributed by atoms with Crippen molar-refractivity contribution in [3.05, 3.63) is 18.2 Å². The van der Waals surface area contributed by atoms with Crippen molar-refractivity contribution in [2.75, 3.05) is 23.7 Å². The number of aromatic nitrogens is 1. The molecule has 1 aromatic heterocycles. The topological polar surface area (TPSA) is 37.0 Å². The molecule has 1 aromatic rings. The van der Waals surface area contributed by atoms with Gasteiger partial charge in [-0.3, -0.25) is 0 Å². The molecule has 0 aliphatic rings. The minimum Gasteiger partial charge on any atom is -0.370 e. The summed E-state index contributed by atoms with van der Waals surface area (Å²) >= 11 is 0. The van der Waals surface area contributed by atoms with E-state index in [4.69, 9.17) is 0 Å². The van der Waals surface area contributed by atoms with Gasteiger partial charge in [0.25, 0.3) is 0 Å². The van der Waals surface area contributed by atoms with Crippen molar-refractivity contribution in [2.24, 2.45) is 0 Å². The average molecular weight is 251 g/mol. The van der Waals surface area contributed by atoms with Crippen LogP contribution in [0.5, 0.6) is 0 Å². The zero-order valence-electron chi connectivity index (χ0n) is 9.18. The summed E-state index contributed by atoms with van der Waals surface area (Å²) < 4.78 is 49.0. The molecule has 7 heteroatoms. The summed E-state index contributed by atoms with van der Waals surface area (Å²) in [5, 5.41) is 5.07. The molecule has 17 heavy (non-hydrogen) atoms. The fraction of sp³-hybridized carbons (Fsp3) is 0.500. The molecule has 0 aliphatic heterocycles. The molecule has 2 N–H and O–H groups in total. The van der Waals surface area contributed by atoms with Gasteiger partial charge in [0, 0.05) is 6.54 Å². The van der Waals surface area contributed by atoms with Crippen molar-refractivity contribution in [1.29, 1.82) is 0 Å². The highest BCUT2D eigenvalue weighted by atomic mass is 19.3. The molecule has 3 nitrogen and oxygen atoms in total. The van der Waals surface area contributed by atoms with E-state index in [1.165, 1.54) is 6.07 Å². The van der Waals surface area contributed by atoms with Crippen LogP contribution in [0.4, 0.5) is 29.2 Å². The zero-order valence-corrected chi connectivity index (χ0v) is 9.18. The highest BCUT2D eigenvalue weighted by Crippen LogP contribution is 2.23. The second kappa shape index (κ2) is 5.70. The highest BCUT2D eigenvalue weighted by molar-refractivity contribution is 5.45. The Morgan fingerprint density at radius 3 is 2.35 bits per heavy atom. The van der Waals surface area contributed by atoms with Crippen molar-refractivity contribution in [3.8, 4) is 0 Å². The molecule has 0 spiro atoms. The first-order chi connectivity index (χ1) is 7.95. The van der Waals surface area contributed by atoms with Crippen molar-refractivity contribution in [1.82, 2.24) is 4.98 Å². The number of alkyl halides is 4. The van der Waals surface area contributed by atoms with Gasteiger partial charge >= 0.3 is 12.3 Å². The van der Waals surface area contributed by atoms with Gasteiger partial charge in [0.05, 0.1) is 6.54 Å². The van der Waals surface area contributed by atoms with Crippen LogP contribution >= 0.6 is 0 Å². The molecule has 0 fully saturated rings. The lowest BCUT2D eigenvalue weighted by Crippen LogP contribution is -2.35. The van der Waals surface area contributed by atoms with Crippen LogP contribution < -0.4 is 10.6 Å². The minimum absolute atomic E-state index is 0.128. The number of nitrogens with zero attached hydrogens (tertiary/aromatic N) is 1. The van der Waals surface area contributed by atoms with Crippen LogP contribution in [0.2, 0.25) is 0 Å². The largest absolute Gasteiger partial charge is 0.370 e. The summed E-state index contributed by atoms with van der Waals surface area (Å²) in [6.07, 6.45) is -3.69. The summed E-state index contributed by atoms with van der Waals surface area (Å²) in [6.45, 7) is 1.34. The van der Waals surface area contributed by atoms with Crippen LogP contribution in [-0.2, 0) is 0 Å². The lowest BCUT2D eigenvalue weighted by Gasteiger charge is -2.16. The average Bonchev–Trinajstić information content (AvgIpc) is 2.27. The van der Waals surface area contributed by atoms with Gasteiger partial charge in [0.1, 0.15) is 11.6 Å². The van der Waals surface area contributed by atoms with Crippen LogP contribution in [0.1, 0.15) is 6.92 Å². The second-order valence-electron chi connectivity index (χ2n) is 3.35. The third-order valence-corrected chi connectivity index (χ3v) is 1.93. The van der Waals surface area contributed by atoms with Gasteiger partial charge in [-0.15, -0.1) is 0 Å². The third-order valence-electron chi connectivity index (χ3n) is 1.93. The van der Waals surface area contributed by atoms with E-state index in [2.05, 4.69) is 15.6 Å². The Balaban J connectivity index is 2.60. The SMILES string of the molecule is CCNc1cccc(NCC(F)(F)C(F)F)n1. The Hall–Kier alpha value is -1.53. The Labute approximate surface area is 96.2 Å². The van der Waals surface area contributed by atoms with E-state index in [-0.39, 0.29) is 5.82 Å². The molecule has 1 rings (SSSR count). The maximum absolute atomic E-state index is 12.6. The highest BCUT2D eigenvalue weighted by Gasteiger charge is 2.40. The molecular formula is C10H13F4N3. The molecule has 0 radical (unpaired) electrons. The zero-order chi connectivity index (χ0) is 12.9. The van der Waals surface area contributed by atoms with E-state index < -0.39 is 18.9 Å². The van der Waals surface area contributed by atoms with Crippen LogP contribution in [0.15, 0.2) is 18.2 Å². The van der Waals surface area contributed by atoms with E-state index in [1.54, 1.807) is 12.1 Å². The first-order valence-electron chi connectivity index (χ1n) is 5.06. The van der Waals surface area contributed by atoms with E-state index in [0.717, 1.165) is 0 Å². The molecule has 0 aliphatic carbocycles. The summed E-state index contributed by atoms with van der Waals surface area (Å²) in [5.41, 5.74) is 0. The molecule has 0 saturated heterocycles. The molecule has 0 amide bonds. The number of rotatable bonds is 6. The van der Waals surface area contributed by atoms with Gasteiger partial charge in [-0.25, -0.2) is 13.8 Å². The second-order valence-corrected chi connectivity index (χ2v) is 3.35. The van der Waals surface area contributed by atoms with Crippen LogP contribution in [0, 0.1) is 0 Å². The van der Waals surface area contributed by atoms with Gasteiger partial charge < -0.3 is 10.6 Å². The number of anilines is 2. The van der Waals surface area contributed by atoms with E-state index in [0.29, 0.717) is 12.4 Å². The lowest BCUT2D eigenvalue weighted by molar-refractivity contribution is -0.117. The Morgan fingerprint density at radius 2 is 1.82 bits per heavy atom. The van der Waals surface area contributed by atoms with E-state index in [1.807, 2.05) is 6.92 Å². The van der Waals surface area contributed by atoms with Crippen LogP contribution in [0.25, 0.3) is 0 Å². The standard InChI is InChI=1S/C10H13F4N3/c1-2-15-7-4-3-5-8(17-7)16-6-10(13,14)9(11)12/h3-5,9H,2,6H2,1H3,(H2,15,16,17). The maximum Gasteiger partial charge on any atom is 0.324 e. The molecular weight excluding hydrogens is 238 g/mol. The van der Waals surface area contributed by atoms with Gasteiger partial charge in [-0.1, -0.05) is 6.07 Å². The first kappa shape index (κ1) is 13.5. The van der Waals surface area contributed by atoms with Crippen molar-refractivity contribution < 1.29 is 17.6 Å². The van der Waals surface area contributed by atoms with Gasteiger partial charge in [-0.2, -0.15) is 8.78 Å². The summed E-state index contributed by atoms with van der Waals surface area (Å²) in [6, 6.07) is 4.68. The number of halogens is 4. The van der Waals surface area contributed by atoms with E-state index in [9.17, 15) is 17.6 Å². The van der Waals surface area contributed by atoms with Crippen molar-refractivity contribution in [2.45, 2.75) is 19.3 Å². The van der Waals surface area contributed by atoms with E-state index >= 15 is 0 Å². The Kier molecular flexibility index (Phi) is 4.53. The normalized spacial score (nSPS) is 11.6. The minimum atomic E-state index is -4.06. The van der Waals surface area contributed by atoms with Crippen LogP contribution in [0.3, 0.4) is 0 Å². The molecule has 0 unspecified atom stereocenters.